The van der Waals surface area contributed by atoms with E-state index in [-0.39, 0.29) is 23.9 Å². The maximum absolute atomic E-state index is 11.9. The highest BCUT2D eigenvalue weighted by Gasteiger charge is 2.19. The van der Waals surface area contributed by atoms with Crippen LogP contribution in [0.4, 0.5) is 5.69 Å². The summed E-state index contributed by atoms with van der Waals surface area (Å²) in [7, 11) is 0. The van der Waals surface area contributed by atoms with Gasteiger partial charge in [-0.1, -0.05) is 18.2 Å². The summed E-state index contributed by atoms with van der Waals surface area (Å²) in [5.41, 5.74) is 1.51. The first-order chi connectivity index (χ1) is 9.69. The van der Waals surface area contributed by atoms with E-state index in [1.165, 1.54) is 0 Å². The van der Waals surface area contributed by atoms with Crippen LogP contribution in [-0.2, 0) is 9.59 Å². The highest BCUT2D eigenvalue weighted by molar-refractivity contribution is 5.93. The molecule has 0 spiro atoms. The van der Waals surface area contributed by atoms with Gasteiger partial charge in [-0.3, -0.25) is 14.9 Å². The Balaban J connectivity index is 2.43. The summed E-state index contributed by atoms with van der Waals surface area (Å²) in [5, 5.41) is 8.61. The molecule has 1 aromatic carbocycles. The quantitative estimate of drug-likeness (QED) is 0.775. The number of hydrogen-bond donors (Lipinski definition) is 3. The Morgan fingerprint density at radius 2 is 1.81 bits per heavy atom. The van der Waals surface area contributed by atoms with Crippen molar-refractivity contribution in [2.75, 3.05) is 11.9 Å². The van der Waals surface area contributed by atoms with Gasteiger partial charge in [-0.05, 0) is 46.2 Å². The van der Waals surface area contributed by atoms with Gasteiger partial charge >= 0.3 is 0 Å². The molecule has 0 radical (unpaired) electrons. The molecule has 0 aromatic heterocycles. The van der Waals surface area contributed by atoms with Crippen LogP contribution in [0.5, 0.6) is 0 Å². The standard InChI is InChI=1S/C16H25N3O2/c1-11-8-6-7-9-13(11)18-14(20)10-17-12(2)15(21)19-16(3,4)5/h6-9,12,17H,10H2,1-5H3,(H,18,20)(H,19,21). The third-order valence-electron chi connectivity index (χ3n) is 2.88. The number of para-hydroxylation sites is 1. The molecule has 0 bridgehead atoms. The lowest BCUT2D eigenvalue weighted by atomic mass is 10.1. The maximum atomic E-state index is 11.9. The van der Waals surface area contributed by atoms with Crippen LogP contribution in [0, 0.1) is 6.92 Å². The minimum Gasteiger partial charge on any atom is -0.350 e. The second kappa shape index (κ2) is 7.22. The maximum Gasteiger partial charge on any atom is 0.238 e. The molecule has 1 aromatic rings. The van der Waals surface area contributed by atoms with Crippen LogP contribution in [0.2, 0.25) is 0 Å². The van der Waals surface area contributed by atoms with Crippen LogP contribution in [-0.4, -0.2) is 29.9 Å². The van der Waals surface area contributed by atoms with Crippen LogP contribution in [0.15, 0.2) is 24.3 Å². The van der Waals surface area contributed by atoms with Gasteiger partial charge in [-0.25, -0.2) is 0 Å². The number of amides is 2. The number of benzene rings is 1. The van der Waals surface area contributed by atoms with E-state index in [0.29, 0.717) is 0 Å². The predicted molar refractivity (Wildman–Crippen MR) is 85.2 cm³/mol. The monoisotopic (exact) mass is 291 g/mol. The summed E-state index contributed by atoms with van der Waals surface area (Å²) in [6.45, 7) is 9.52. The molecule has 0 aliphatic carbocycles. The minimum atomic E-state index is -0.424. The molecule has 0 saturated carbocycles. The summed E-state index contributed by atoms with van der Waals surface area (Å²) < 4.78 is 0. The van der Waals surface area contributed by atoms with Crippen molar-refractivity contribution in [2.24, 2.45) is 0 Å². The summed E-state index contributed by atoms with van der Waals surface area (Å²) in [6, 6.07) is 7.15. The molecule has 0 heterocycles. The lowest BCUT2D eigenvalue weighted by Gasteiger charge is -2.23. The number of nitrogens with one attached hydrogen (secondary N) is 3. The summed E-state index contributed by atoms with van der Waals surface area (Å²) in [4.78, 5) is 23.7. The molecule has 21 heavy (non-hydrogen) atoms. The summed E-state index contributed by atoms with van der Waals surface area (Å²) in [5.74, 6) is -0.286. The van der Waals surface area contributed by atoms with Crippen molar-refractivity contribution in [3.05, 3.63) is 29.8 Å². The smallest absolute Gasteiger partial charge is 0.238 e. The third-order valence-corrected chi connectivity index (χ3v) is 2.88. The Bertz CT molecular complexity index is 506. The van der Waals surface area contributed by atoms with Gasteiger partial charge in [0.2, 0.25) is 11.8 Å². The second-order valence-electron chi connectivity index (χ2n) is 6.20. The number of anilines is 1. The largest absolute Gasteiger partial charge is 0.350 e. The van der Waals surface area contributed by atoms with Crippen molar-refractivity contribution >= 4 is 17.5 Å². The topological polar surface area (TPSA) is 70.2 Å². The zero-order valence-electron chi connectivity index (χ0n) is 13.4. The average molecular weight is 291 g/mol. The molecular weight excluding hydrogens is 266 g/mol. The first kappa shape index (κ1) is 17.2. The Kier molecular flexibility index (Phi) is 5.90. The Morgan fingerprint density at radius 1 is 1.19 bits per heavy atom. The predicted octanol–water partition coefficient (Wildman–Crippen LogP) is 1.83. The fourth-order valence-corrected chi connectivity index (χ4v) is 1.72. The zero-order valence-corrected chi connectivity index (χ0v) is 13.4. The van der Waals surface area contributed by atoms with Crippen molar-refractivity contribution < 1.29 is 9.59 Å². The SMILES string of the molecule is Cc1ccccc1NC(=O)CNC(C)C(=O)NC(C)(C)C. The molecule has 1 unspecified atom stereocenters. The second-order valence-corrected chi connectivity index (χ2v) is 6.20. The van der Waals surface area contributed by atoms with E-state index < -0.39 is 6.04 Å². The van der Waals surface area contributed by atoms with Crippen LogP contribution in [0.1, 0.15) is 33.3 Å². The van der Waals surface area contributed by atoms with Crippen molar-refractivity contribution in [1.29, 1.82) is 0 Å². The fourth-order valence-electron chi connectivity index (χ4n) is 1.72. The molecule has 116 valence electrons. The van der Waals surface area contributed by atoms with Crippen LogP contribution in [0.3, 0.4) is 0 Å². The molecule has 5 heteroatoms. The Hall–Kier alpha value is -1.88. The van der Waals surface area contributed by atoms with E-state index in [2.05, 4.69) is 16.0 Å². The van der Waals surface area contributed by atoms with Crippen molar-refractivity contribution in [3.63, 3.8) is 0 Å². The van der Waals surface area contributed by atoms with Crippen LogP contribution in [0.25, 0.3) is 0 Å². The zero-order chi connectivity index (χ0) is 16.0. The van der Waals surface area contributed by atoms with Crippen LogP contribution >= 0.6 is 0 Å². The van der Waals surface area contributed by atoms with Crippen molar-refractivity contribution in [1.82, 2.24) is 10.6 Å². The highest BCUT2D eigenvalue weighted by atomic mass is 16.2. The molecule has 5 nitrogen and oxygen atoms in total. The van der Waals surface area contributed by atoms with E-state index in [1.54, 1.807) is 6.92 Å². The molecule has 1 rings (SSSR count). The number of aryl methyl sites for hydroxylation is 1. The lowest BCUT2D eigenvalue weighted by molar-refractivity contribution is -0.124. The molecule has 3 N–H and O–H groups in total. The molecule has 0 fully saturated rings. The molecule has 0 aliphatic rings. The number of hydrogen-bond acceptors (Lipinski definition) is 3. The fraction of sp³-hybridized carbons (Fsp3) is 0.500. The third kappa shape index (κ3) is 6.40. The van der Waals surface area contributed by atoms with Crippen molar-refractivity contribution in [3.8, 4) is 0 Å². The highest BCUT2D eigenvalue weighted by Crippen LogP contribution is 2.12. The van der Waals surface area contributed by atoms with E-state index >= 15 is 0 Å². The van der Waals surface area contributed by atoms with E-state index in [9.17, 15) is 9.59 Å². The number of rotatable bonds is 5. The van der Waals surface area contributed by atoms with Gasteiger partial charge in [0.15, 0.2) is 0 Å². The summed E-state index contributed by atoms with van der Waals surface area (Å²) in [6.07, 6.45) is 0. The van der Waals surface area contributed by atoms with Gasteiger partial charge in [0.1, 0.15) is 0 Å². The van der Waals surface area contributed by atoms with E-state index in [1.807, 2.05) is 52.0 Å². The summed E-state index contributed by atoms with van der Waals surface area (Å²) >= 11 is 0. The minimum absolute atomic E-state index is 0.0903. The van der Waals surface area contributed by atoms with Gasteiger partial charge in [0.25, 0.3) is 0 Å². The van der Waals surface area contributed by atoms with Gasteiger partial charge in [-0.2, -0.15) is 0 Å². The Labute approximate surface area is 126 Å². The number of carbonyl (C=O) groups is 2. The van der Waals surface area contributed by atoms with E-state index in [4.69, 9.17) is 0 Å². The number of carbonyl (C=O) groups excluding carboxylic acids is 2. The molecule has 1 atom stereocenters. The molecular formula is C16H25N3O2. The lowest BCUT2D eigenvalue weighted by Crippen LogP contribution is -2.50. The van der Waals surface area contributed by atoms with Gasteiger partial charge in [0, 0.05) is 11.2 Å². The van der Waals surface area contributed by atoms with Gasteiger partial charge < -0.3 is 10.6 Å². The van der Waals surface area contributed by atoms with Gasteiger partial charge in [0.05, 0.1) is 12.6 Å². The van der Waals surface area contributed by atoms with Gasteiger partial charge in [-0.15, -0.1) is 0 Å². The first-order valence-electron chi connectivity index (χ1n) is 7.10. The first-order valence-corrected chi connectivity index (χ1v) is 7.10. The van der Waals surface area contributed by atoms with Crippen molar-refractivity contribution in [2.45, 2.75) is 46.2 Å². The Morgan fingerprint density at radius 3 is 2.38 bits per heavy atom. The van der Waals surface area contributed by atoms with Crippen LogP contribution < -0.4 is 16.0 Å². The average Bonchev–Trinajstić information content (AvgIpc) is 2.36. The molecule has 2 amide bonds. The molecule has 0 saturated heterocycles. The van der Waals surface area contributed by atoms with E-state index in [0.717, 1.165) is 11.3 Å². The molecule has 0 aliphatic heterocycles. The normalized spacial score (nSPS) is 12.6.